The molecule has 17 heavy (non-hydrogen) atoms. The minimum Gasteiger partial charge on any atom is -0.318 e. The van der Waals surface area contributed by atoms with E-state index in [1.807, 2.05) is 7.05 Å². The Bertz CT molecular complexity index is 395. The number of nitrogens with two attached hydrogens (primary N) is 1. The van der Waals surface area contributed by atoms with Crippen LogP contribution in [0.5, 0.6) is 0 Å². The highest BCUT2D eigenvalue weighted by Crippen LogP contribution is 2.24. The summed E-state index contributed by atoms with van der Waals surface area (Å²) < 4.78 is 0. The third-order valence-electron chi connectivity index (χ3n) is 2.47. The molecule has 0 bridgehead atoms. The highest BCUT2D eigenvalue weighted by Gasteiger charge is 2.13. The van der Waals surface area contributed by atoms with Crippen LogP contribution in [0.25, 0.3) is 0 Å². The second kappa shape index (κ2) is 6.17. The average Bonchev–Trinajstić information content (AvgIpc) is 2.28. The molecule has 94 valence electrons. The molecule has 0 amide bonds. The van der Waals surface area contributed by atoms with E-state index in [-0.39, 0.29) is 5.69 Å². The van der Waals surface area contributed by atoms with Crippen molar-refractivity contribution in [3.8, 4) is 0 Å². The molecule has 0 unspecified atom stereocenters. The van der Waals surface area contributed by atoms with Crippen LogP contribution in [-0.4, -0.2) is 23.4 Å². The van der Waals surface area contributed by atoms with Crippen LogP contribution in [0.2, 0.25) is 0 Å². The molecule has 0 heterocycles. The van der Waals surface area contributed by atoms with Crippen LogP contribution in [0.1, 0.15) is 18.9 Å². The molecular weight excluding hydrogens is 220 g/mol. The van der Waals surface area contributed by atoms with E-state index >= 15 is 0 Å². The second-order valence-electron chi connectivity index (χ2n) is 3.99. The van der Waals surface area contributed by atoms with Crippen molar-refractivity contribution in [2.24, 2.45) is 5.84 Å². The Labute approximate surface area is 101 Å². The lowest BCUT2D eigenvalue weighted by Gasteiger charge is -2.15. The zero-order chi connectivity index (χ0) is 12.8. The van der Waals surface area contributed by atoms with E-state index in [2.05, 4.69) is 17.2 Å². The normalized spacial score (nSPS) is 10.6. The number of hydrogen-bond donors (Lipinski definition) is 2. The molecule has 6 nitrogen and oxygen atoms in total. The number of nitro groups is 1. The summed E-state index contributed by atoms with van der Waals surface area (Å²) in [7, 11) is 2.01. The Morgan fingerprint density at radius 1 is 1.53 bits per heavy atom. The van der Waals surface area contributed by atoms with Gasteiger partial charge in [-0.05, 0) is 31.6 Å². The van der Waals surface area contributed by atoms with E-state index in [4.69, 9.17) is 5.84 Å². The zero-order valence-corrected chi connectivity index (χ0v) is 10.1. The van der Waals surface area contributed by atoms with E-state index < -0.39 is 4.92 Å². The molecule has 0 aliphatic carbocycles. The minimum absolute atomic E-state index is 0.00519. The van der Waals surface area contributed by atoms with Crippen LogP contribution in [0, 0.1) is 10.1 Å². The molecule has 0 atom stereocenters. The molecule has 0 saturated carbocycles. The Hall–Kier alpha value is -1.66. The van der Waals surface area contributed by atoms with Crippen molar-refractivity contribution in [2.75, 3.05) is 19.0 Å². The Kier molecular flexibility index (Phi) is 4.86. The number of anilines is 1. The van der Waals surface area contributed by atoms with Gasteiger partial charge in [0.05, 0.1) is 4.92 Å². The van der Waals surface area contributed by atoms with Gasteiger partial charge in [-0.1, -0.05) is 13.0 Å². The lowest BCUT2D eigenvalue weighted by atomic mass is 10.1. The van der Waals surface area contributed by atoms with Crippen molar-refractivity contribution in [3.05, 3.63) is 33.9 Å². The van der Waals surface area contributed by atoms with Crippen LogP contribution in [0.15, 0.2) is 18.2 Å². The Morgan fingerprint density at radius 3 is 2.76 bits per heavy atom. The molecule has 1 aromatic rings. The molecule has 1 aromatic carbocycles. The van der Waals surface area contributed by atoms with Gasteiger partial charge in [-0.2, -0.15) is 0 Å². The third-order valence-corrected chi connectivity index (χ3v) is 2.47. The number of nitro benzene ring substituents is 1. The lowest BCUT2D eigenvalue weighted by Crippen LogP contribution is -2.18. The monoisotopic (exact) mass is 238 g/mol. The molecule has 0 saturated heterocycles. The van der Waals surface area contributed by atoms with Gasteiger partial charge in [-0.25, -0.2) is 0 Å². The molecule has 0 spiro atoms. The first-order valence-electron chi connectivity index (χ1n) is 5.51. The summed E-state index contributed by atoms with van der Waals surface area (Å²) in [6, 6.07) is 4.94. The van der Waals surface area contributed by atoms with Gasteiger partial charge in [0.1, 0.15) is 5.69 Å². The first-order valence-corrected chi connectivity index (χ1v) is 5.51. The number of benzene rings is 1. The summed E-state index contributed by atoms with van der Waals surface area (Å²) in [5, 5.41) is 10.7. The van der Waals surface area contributed by atoms with E-state index in [9.17, 15) is 10.1 Å². The maximum Gasteiger partial charge on any atom is 0.293 e. The summed E-state index contributed by atoms with van der Waals surface area (Å²) in [5.74, 6) is 5.28. The van der Waals surface area contributed by atoms with Crippen LogP contribution in [-0.2, 0) is 6.54 Å². The van der Waals surface area contributed by atoms with Gasteiger partial charge < -0.3 is 10.3 Å². The van der Waals surface area contributed by atoms with Crippen LogP contribution in [0.4, 0.5) is 11.4 Å². The summed E-state index contributed by atoms with van der Waals surface area (Å²) in [4.78, 5) is 12.4. The lowest BCUT2D eigenvalue weighted by molar-refractivity contribution is -0.384. The second-order valence-corrected chi connectivity index (χ2v) is 3.99. The highest BCUT2D eigenvalue weighted by atomic mass is 16.6. The van der Waals surface area contributed by atoms with Crippen molar-refractivity contribution in [1.29, 1.82) is 0 Å². The van der Waals surface area contributed by atoms with Crippen molar-refractivity contribution in [3.63, 3.8) is 0 Å². The van der Waals surface area contributed by atoms with E-state index in [1.165, 1.54) is 6.07 Å². The standard InChI is InChI=1S/C11H18N4O2/c1-3-6-14(2)8-9-4-5-11(15(16)17)10(7-9)13-12/h4-5,7,13H,3,6,8,12H2,1-2H3. The van der Waals surface area contributed by atoms with Crippen LogP contribution >= 0.6 is 0 Å². The van der Waals surface area contributed by atoms with Crippen molar-refractivity contribution in [2.45, 2.75) is 19.9 Å². The van der Waals surface area contributed by atoms with E-state index in [1.54, 1.807) is 12.1 Å². The fourth-order valence-electron chi connectivity index (χ4n) is 1.73. The van der Waals surface area contributed by atoms with Crippen molar-refractivity contribution < 1.29 is 4.92 Å². The first-order chi connectivity index (χ1) is 8.08. The minimum atomic E-state index is -0.450. The molecule has 0 aliphatic rings. The smallest absolute Gasteiger partial charge is 0.293 e. The maximum absolute atomic E-state index is 10.7. The van der Waals surface area contributed by atoms with Crippen molar-refractivity contribution in [1.82, 2.24) is 4.90 Å². The number of nitrogens with one attached hydrogen (secondary N) is 1. The quantitative estimate of drug-likeness (QED) is 0.448. The van der Waals surface area contributed by atoms with Gasteiger partial charge in [-0.15, -0.1) is 0 Å². The summed E-state index contributed by atoms with van der Waals surface area (Å²) in [6.45, 7) is 3.85. The van der Waals surface area contributed by atoms with Gasteiger partial charge in [0.2, 0.25) is 0 Å². The topological polar surface area (TPSA) is 84.4 Å². The number of nitrogens with zero attached hydrogens (tertiary/aromatic N) is 2. The number of hydrogen-bond acceptors (Lipinski definition) is 5. The predicted octanol–water partition coefficient (Wildman–Crippen LogP) is 1.72. The molecule has 1 rings (SSSR count). The molecular formula is C11H18N4O2. The summed E-state index contributed by atoms with van der Waals surface area (Å²) in [6.07, 6.45) is 1.07. The van der Waals surface area contributed by atoms with E-state index in [0.717, 1.165) is 25.1 Å². The van der Waals surface area contributed by atoms with Gasteiger partial charge in [0.25, 0.3) is 5.69 Å². The maximum atomic E-state index is 10.7. The third kappa shape index (κ3) is 3.69. The number of rotatable bonds is 6. The first kappa shape index (κ1) is 13.4. The summed E-state index contributed by atoms with van der Waals surface area (Å²) in [5.41, 5.74) is 3.70. The SMILES string of the molecule is CCCN(C)Cc1ccc([N+](=O)[O-])c(NN)c1. The Balaban J connectivity index is 2.86. The number of hydrazine groups is 1. The van der Waals surface area contributed by atoms with Gasteiger partial charge in [0, 0.05) is 12.6 Å². The fraction of sp³-hybridized carbons (Fsp3) is 0.455. The van der Waals surface area contributed by atoms with E-state index in [0.29, 0.717) is 5.69 Å². The molecule has 0 radical (unpaired) electrons. The van der Waals surface area contributed by atoms with Gasteiger partial charge >= 0.3 is 0 Å². The molecule has 6 heteroatoms. The molecule has 3 N–H and O–H groups in total. The van der Waals surface area contributed by atoms with Crippen molar-refractivity contribution >= 4 is 11.4 Å². The summed E-state index contributed by atoms with van der Waals surface area (Å²) >= 11 is 0. The average molecular weight is 238 g/mol. The fourth-order valence-corrected chi connectivity index (χ4v) is 1.73. The largest absolute Gasteiger partial charge is 0.318 e. The molecule has 0 aromatic heterocycles. The molecule has 0 fully saturated rings. The van der Waals surface area contributed by atoms with Crippen LogP contribution in [0.3, 0.4) is 0 Å². The van der Waals surface area contributed by atoms with Gasteiger partial charge in [0.15, 0.2) is 0 Å². The highest BCUT2D eigenvalue weighted by molar-refractivity contribution is 5.62. The van der Waals surface area contributed by atoms with Crippen LogP contribution < -0.4 is 11.3 Å². The number of nitrogen functional groups attached to an aromatic ring is 1. The Morgan fingerprint density at radius 2 is 2.24 bits per heavy atom. The zero-order valence-electron chi connectivity index (χ0n) is 10.1. The predicted molar refractivity (Wildman–Crippen MR) is 67.5 cm³/mol. The molecule has 0 aliphatic heterocycles. The van der Waals surface area contributed by atoms with Gasteiger partial charge in [-0.3, -0.25) is 16.0 Å².